The van der Waals surface area contributed by atoms with Crippen molar-refractivity contribution in [2.45, 2.75) is 18.4 Å². The van der Waals surface area contributed by atoms with E-state index in [0.717, 1.165) is 12.0 Å². The molecule has 6 nitrogen and oxygen atoms in total. The number of hydrogen-bond acceptors (Lipinski definition) is 4. The van der Waals surface area contributed by atoms with E-state index in [4.69, 9.17) is 16.7 Å². The predicted molar refractivity (Wildman–Crippen MR) is 97.9 cm³/mol. The Hall–Kier alpha value is -2.86. The van der Waals surface area contributed by atoms with Crippen molar-refractivity contribution < 1.29 is 14.8 Å². The van der Waals surface area contributed by atoms with E-state index in [0.29, 0.717) is 16.3 Å². The van der Waals surface area contributed by atoms with Crippen LogP contribution in [0.2, 0.25) is 5.02 Å². The molecule has 0 radical (unpaired) electrons. The van der Waals surface area contributed by atoms with E-state index in [-0.39, 0.29) is 34.1 Å². The lowest BCUT2D eigenvalue weighted by Crippen LogP contribution is -2.29. The number of anilines is 1. The number of carbonyl (C=O) groups is 1. The third-order valence-corrected chi connectivity index (χ3v) is 5.47. The Balaban J connectivity index is 1.81. The zero-order valence-electron chi connectivity index (χ0n) is 13.6. The molecule has 26 heavy (non-hydrogen) atoms. The second kappa shape index (κ2) is 6.14. The number of nitrogens with zero attached hydrogens (tertiary/aromatic N) is 1. The van der Waals surface area contributed by atoms with Crippen LogP contribution in [0, 0.1) is 16.0 Å². The SMILES string of the molecule is O=C(O)c1ccc([C@@H]2Nc3c(Cl)ccc([N+](=O)[O-])c3[C@H]3C=CC[C@@H]32)cc1. The standard InChI is InChI=1S/C19H15ClN2O4/c20-14-8-9-15(22(25)26)16-12-2-1-3-13(12)17(21-18(14)16)10-4-6-11(7-5-10)19(23)24/h1-2,4-9,12-13,17,21H,3H2,(H,23,24)/t12-,13-,17-/m0/s1. The van der Waals surface area contributed by atoms with Gasteiger partial charge >= 0.3 is 5.97 Å². The first kappa shape index (κ1) is 16.6. The van der Waals surface area contributed by atoms with Gasteiger partial charge in [-0.1, -0.05) is 35.9 Å². The lowest BCUT2D eigenvalue weighted by atomic mass is 9.76. The van der Waals surface area contributed by atoms with Crippen molar-refractivity contribution in [2.24, 2.45) is 5.92 Å². The van der Waals surface area contributed by atoms with Crippen LogP contribution >= 0.6 is 11.6 Å². The predicted octanol–water partition coefficient (Wildman–Crippen LogP) is 4.77. The third-order valence-electron chi connectivity index (χ3n) is 5.16. The fourth-order valence-corrected chi connectivity index (χ4v) is 4.20. The van der Waals surface area contributed by atoms with Crippen LogP contribution < -0.4 is 5.32 Å². The highest BCUT2D eigenvalue weighted by Crippen LogP contribution is 2.54. The van der Waals surface area contributed by atoms with E-state index in [2.05, 4.69) is 5.32 Å². The first-order valence-electron chi connectivity index (χ1n) is 8.20. The van der Waals surface area contributed by atoms with Gasteiger partial charge in [-0.25, -0.2) is 4.79 Å². The zero-order valence-corrected chi connectivity index (χ0v) is 14.3. The monoisotopic (exact) mass is 370 g/mol. The maximum atomic E-state index is 11.5. The number of hydrogen-bond donors (Lipinski definition) is 2. The van der Waals surface area contributed by atoms with Gasteiger partial charge in [-0.2, -0.15) is 0 Å². The number of nitro benzene ring substituents is 1. The summed E-state index contributed by atoms with van der Waals surface area (Å²) in [6.07, 6.45) is 4.83. The minimum absolute atomic E-state index is 0.0677. The summed E-state index contributed by atoms with van der Waals surface area (Å²) < 4.78 is 0. The fraction of sp³-hybridized carbons (Fsp3) is 0.211. The Labute approximate surface area is 154 Å². The van der Waals surface area contributed by atoms with E-state index in [1.807, 2.05) is 12.2 Å². The average Bonchev–Trinajstić information content (AvgIpc) is 3.11. The van der Waals surface area contributed by atoms with Crippen LogP contribution in [0.3, 0.4) is 0 Å². The van der Waals surface area contributed by atoms with Crippen LogP contribution in [0.1, 0.15) is 39.9 Å². The van der Waals surface area contributed by atoms with Crippen LogP contribution in [-0.2, 0) is 0 Å². The van der Waals surface area contributed by atoms with Gasteiger partial charge in [-0.3, -0.25) is 10.1 Å². The van der Waals surface area contributed by atoms with Crippen LogP contribution in [0.5, 0.6) is 0 Å². The number of fused-ring (bicyclic) bond motifs is 3. The molecule has 0 fully saturated rings. The van der Waals surface area contributed by atoms with Crippen molar-refractivity contribution >= 4 is 28.9 Å². The topological polar surface area (TPSA) is 92.5 Å². The molecule has 1 heterocycles. The molecule has 0 unspecified atom stereocenters. The first-order valence-corrected chi connectivity index (χ1v) is 8.58. The van der Waals surface area contributed by atoms with Crippen LogP contribution in [0.15, 0.2) is 48.6 Å². The molecule has 2 N–H and O–H groups in total. The molecule has 0 spiro atoms. The van der Waals surface area contributed by atoms with Gasteiger partial charge in [0, 0.05) is 12.0 Å². The van der Waals surface area contributed by atoms with Crippen molar-refractivity contribution in [3.63, 3.8) is 0 Å². The van der Waals surface area contributed by atoms with Gasteiger partial charge in [-0.15, -0.1) is 0 Å². The van der Waals surface area contributed by atoms with Gasteiger partial charge in [0.2, 0.25) is 0 Å². The number of rotatable bonds is 3. The average molecular weight is 371 g/mol. The van der Waals surface area contributed by atoms with Crippen molar-refractivity contribution in [1.82, 2.24) is 0 Å². The minimum atomic E-state index is -0.974. The molecule has 4 rings (SSSR count). The second-order valence-electron chi connectivity index (χ2n) is 6.51. The first-order chi connectivity index (χ1) is 12.5. The molecule has 132 valence electrons. The number of allylic oxidation sites excluding steroid dienone is 2. The number of carboxylic acids is 1. The highest BCUT2D eigenvalue weighted by Gasteiger charge is 2.42. The number of aromatic carboxylic acids is 1. The summed E-state index contributed by atoms with van der Waals surface area (Å²) in [5.41, 5.74) is 2.43. The third kappa shape index (κ3) is 2.54. The maximum Gasteiger partial charge on any atom is 0.335 e. The van der Waals surface area contributed by atoms with E-state index < -0.39 is 5.97 Å². The molecule has 1 aliphatic carbocycles. The zero-order chi connectivity index (χ0) is 18.4. The van der Waals surface area contributed by atoms with Gasteiger partial charge in [0.1, 0.15) is 0 Å². The van der Waals surface area contributed by atoms with Crippen molar-refractivity contribution in [3.8, 4) is 0 Å². The smallest absolute Gasteiger partial charge is 0.335 e. The molecule has 2 aliphatic rings. The summed E-state index contributed by atoms with van der Waals surface area (Å²) in [4.78, 5) is 22.2. The summed E-state index contributed by atoms with van der Waals surface area (Å²) in [7, 11) is 0. The molecule has 2 aromatic rings. The number of benzene rings is 2. The number of carboxylic acid groups (broad SMARTS) is 1. The molecule has 0 bridgehead atoms. The largest absolute Gasteiger partial charge is 0.478 e. The molecular weight excluding hydrogens is 356 g/mol. The Bertz CT molecular complexity index is 939. The highest BCUT2D eigenvalue weighted by atomic mass is 35.5. The minimum Gasteiger partial charge on any atom is -0.478 e. The molecule has 7 heteroatoms. The Morgan fingerprint density at radius 2 is 1.96 bits per heavy atom. The lowest BCUT2D eigenvalue weighted by molar-refractivity contribution is -0.385. The highest BCUT2D eigenvalue weighted by molar-refractivity contribution is 6.33. The van der Waals surface area contributed by atoms with E-state index in [1.165, 1.54) is 12.1 Å². The van der Waals surface area contributed by atoms with Gasteiger partial charge in [0.05, 0.1) is 32.8 Å². The van der Waals surface area contributed by atoms with Gasteiger partial charge in [-0.05, 0) is 36.1 Å². The summed E-state index contributed by atoms with van der Waals surface area (Å²) in [6.45, 7) is 0. The van der Waals surface area contributed by atoms with Gasteiger partial charge in [0.15, 0.2) is 0 Å². The summed E-state index contributed by atoms with van der Waals surface area (Å²) >= 11 is 6.34. The van der Waals surface area contributed by atoms with Gasteiger partial charge in [0.25, 0.3) is 5.69 Å². The molecule has 0 aromatic heterocycles. The van der Waals surface area contributed by atoms with Gasteiger partial charge < -0.3 is 10.4 Å². The van der Waals surface area contributed by atoms with Crippen molar-refractivity contribution in [2.75, 3.05) is 5.32 Å². The van der Waals surface area contributed by atoms with E-state index in [1.54, 1.807) is 24.3 Å². The van der Waals surface area contributed by atoms with Crippen molar-refractivity contribution in [3.05, 3.63) is 80.4 Å². The maximum absolute atomic E-state index is 11.5. The molecule has 2 aromatic carbocycles. The second-order valence-corrected chi connectivity index (χ2v) is 6.92. The summed E-state index contributed by atoms with van der Waals surface area (Å²) in [5.74, 6) is -0.970. The van der Waals surface area contributed by atoms with Crippen LogP contribution in [-0.4, -0.2) is 16.0 Å². The molecule has 1 aliphatic heterocycles. The summed E-state index contributed by atoms with van der Waals surface area (Å²) in [6, 6.07) is 9.59. The number of nitrogens with one attached hydrogen (secondary N) is 1. The van der Waals surface area contributed by atoms with E-state index >= 15 is 0 Å². The quantitative estimate of drug-likeness (QED) is 0.461. The summed E-state index contributed by atoms with van der Waals surface area (Å²) in [5, 5.41) is 24.4. The lowest BCUT2D eigenvalue weighted by Gasteiger charge is -2.37. The van der Waals surface area contributed by atoms with Crippen molar-refractivity contribution in [1.29, 1.82) is 0 Å². The van der Waals surface area contributed by atoms with Crippen LogP contribution in [0.4, 0.5) is 11.4 Å². The molecule has 0 saturated carbocycles. The molecule has 0 saturated heterocycles. The van der Waals surface area contributed by atoms with E-state index in [9.17, 15) is 14.9 Å². The normalized spacial score (nSPS) is 23.0. The molecular formula is C19H15ClN2O4. The Morgan fingerprint density at radius 1 is 1.23 bits per heavy atom. The van der Waals surface area contributed by atoms with Crippen LogP contribution in [0.25, 0.3) is 0 Å². The Kier molecular flexibility index (Phi) is 3.92. The number of halogens is 1. The number of nitro groups is 1. The fourth-order valence-electron chi connectivity index (χ4n) is 3.98. The molecule has 0 amide bonds. The Morgan fingerprint density at radius 3 is 2.62 bits per heavy atom. The molecule has 3 atom stereocenters.